The SMILES string of the molecule is CCNC(=NCC(O)c1cc(OC)ccc1OC)N1CC(C)OC(c2ccc(F)cc2)C1. The zero-order valence-electron chi connectivity index (χ0n) is 19.0. The lowest BCUT2D eigenvalue weighted by molar-refractivity contribution is -0.0605. The van der Waals surface area contributed by atoms with Gasteiger partial charge in [-0.15, -0.1) is 0 Å². The van der Waals surface area contributed by atoms with Gasteiger partial charge in [-0.25, -0.2) is 4.39 Å². The van der Waals surface area contributed by atoms with Gasteiger partial charge in [0.25, 0.3) is 0 Å². The van der Waals surface area contributed by atoms with Crippen LogP contribution in [0.5, 0.6) is 11.5 Å². The van der Waals surface area contributed by atoms with Crippen molar-refractivity contribution in [2.24, 2.45) is 4.99 Å². The fourth-order valence-corrected chi connectivity index (χ4v) is 3.78. The predicted molar refractivity (Wildman–Crippen MR) is 122 cm³/mol. The van der Waals surface area contributed by atoms with Gasteiger partial charge < -0.3 is 29.5 Å². The van der Waals surface area contributed by atoms with Gasteiger partial charge in [-0.3, -0.25) is 4.99 Å². The second kappa shape index (κ2) is 11.2. The number of halogens is 1. The summed E-state index contributed by atoms with van der Waals surface area (Å²) in [4.78, 5) is 6.80. The number of methoxy groups -OCH3 is 2. The number of aliphatic hydroxyl groups excluding tert-OH is 1. The summed E-state index contributed by atoms with van der Waals surface area (Å²) >= 11 is 0. The second-order valence-electron chi connectivity index (χ2n) is 7.71. The van der Waals surface area contributed by atoms with Crippen molar-refractivity contribution in [1.29, 1.82) is 0 Å². The first-order valence-corrected chi connectivity index (χ1v) is 10.8. The molecule has 32 heavy (non-hydrogen) atoms. The molecular weight excluding hydrogens is 413 g/mol. The van der Waals surface area contributed by atoms with Gasteiger partial charge in [-0.2, -0.15) is 0 Å². The summed E-state index contributed by atoms with van der Waals surface area (Å²) in [7, 11) is 3.15. The van der Waals surface area contributed by atoms with E-state index in [4.69, 9.17) is 19.2 Å². The summed E-state index contributed by atoms with van der Waals surface area (Å²) < 4.78 is 30.1. The maximum Gasteiger partial charge on any atom is 0.194 e. The van der Waals surface area contributed by atoms with E-state index in [1.165, 1.54) is 12.1 Å². The summed E-state index contributed by atoms with van der Waals surface area (Å²) in [5, 5.41) is 14.1. The Balaban J connectivity index is 1.78. The van der Waals surface area contributed by atoms with Crippen molar-refractivity contribution in [2.75, 3.05) is 40.4 Å². The van der Waals surface area contributed by atoms with Crippen LogP contribution in [0.2, 0.25) is 0 Å². The minimum absolute atomic E-state index is 0.0361. The highest BCUT2D eigenvalue weighted by Gasteiger charge is 2.28. The van der Waals surface area contributed by atoms with E-state index in [1.807, 2.05) is 13.8 Å². The highest BCUT2D eigenvalue weighted by atomic mass is 19.1. The number of morpholine rings is 1. The Morgan fingerprint density at radius 3 is 2.62 bits per heavy atom. The lowest BCUT2D eigenvalue weighted by Crippen LogP contribution is -2.50. The van der Waals surface area contributed by atoms with Gasteiger partial charge >= 0.3 is 0 Å². The molecule has 0 bridgehead atoms. The van der Waals surface area contributed by atoms with Crippen LogP contribution in [0.3, 0.4) is 0 Å². The monoisotopic (exact) mass is 445 g/mol. The molecule has 8 heteroatoms. The van der Waals surface area contributed by atoms with E-state index in [9.17, 15) is 9.50 Å². The number of benzene rings is 2. The maximum atomic E-state index is 13.3. The van der Waals surface area contributed by atoms with Gasteiger partial charge in [0.05, 0.1) is 33.4 Å². The van der Waals surface area contributed by atoms with E-state index in [1.54, 1.807) is 44.6 Å². The van der Waals surface area contributed by atoms with E-state index in [2.05, 4.69) is 10.2 Å². The molecule has 0 aliphatic carbocycles. The van der Waals surface area contributed by atoms with Gasteiger partial charge in [-0.05, 0) is 49.7 Å². The Labute approximate surface area is 188 Å². The first-order chi connectivity index (χ1) is 15.4. The van der Waals surface area contributed by atoms with Crippen molar-refractivity contribution in [1.82, 2.24) is 10.2 Å². The highest BCUT2D eigenvalue weighted by Crippen LogP contribution is 2.30. The zero-order chi connectivity index (χ0) is 23.1. The van der Waals surface area contributed by atoms with Crippen LogP contribution in [-0.2, 0) is 4.74 Å². The summed E-state index contributed by atoms with van der Waals surface area (Å²) in [6.07, 6.45) is -1.10. The van der Waals surface area contributed by atoms with Crippen molar-refractivity contribution in [3.8, 4) is 11.5 Å². The molecule has 2 N–H and O–H groups in total. The molecule has 1 fully saturated rings. The van der Waals surface area contributed by atoms with Crippen LogP contribution in [0.15, 0.2) is 47.5 Å². The molecule has 3 rings (SSSR count). The number of rotatable bonds is 7. The third-order valence-electron chi connectivity index (χ3n) is 5.35. The Morgan fingerprint density at radius 1 is 1.22 bits per heavy atom. The predicted octanol–water partition coefficient (Wildman–Crippen LogP) is 3.30. The third-order valence-corrected chi connectivity index (χ3v) is 5.35. The van der Waals surface area contributed by atoms with Crippen molar-refractivity contribution < 1.29 is 23.7 Å². The number of hydrogen-bond acceptors (Lipinski definition) is 5. The summed E-state index contributed by atoms with van der Waals surface area (Å²) in [6.45, 7) is 6.06. The Morgan fingerprint density at radius 2 is 1.97 bits per heavy atom. The molecule has 0 spiro atoms. The van der Waals surface area contributed by atoms with Crippen molar-refractivity contribution >= 4 is 5.96 Å². The van der Waals surface area contributed by atoms with Crippen LogP contribution in [0, 0.1) is 5.82 Å². The van der Waals surface area contributed by atoms with Gasteiger partial charge in [-0.1, -0.05) is 12.1 Å². The van der Waals surface area contributed by atoms with Gasteiger partial charge in [0, 0.05) is 18.7 Å². The normalized spacial score (nSPS) is 20.1. The molecule has 0 aromatic heterocycles. The molecule has 0 amide bonds. The van der Waals surface area contributed by atoms with Gasteiger partial charge in [0.2, 0.25) is 0 Å². The largest absolute Gasteiger partial charge is 0.497 e. The van der Waals surface area contributed by atoms with Crippen LogP contribution in [0.1, 0.15) is 37.2 Å². The van der Waals surface area contributed by atoms with Gasteiger partial charge in [0.15, 0.2) is 5.96 Å². The van der Waals surface area contributed by atoms with Crippen LogP contribution in [-0.4, -0.2) is 62.5 Å². The Hall–Kier alpha value is -2.84. The smallest absolute Gasteiger partial charge is 0.194 e. The number of hydrogen-bond donors (Lipinski definition) is 2. The topological polar surface area (TPSA) is 75.6 Å². The van der Waals surface area contributed by atoms with Crippen molar-refractivity contribution in [3.05, 3.63) is 59.4 Å². The van der Waals surface area contributed by atoms with Crippen LogP contribution >= 0.6 is 0 Å². The number of guanidine groups is 1. The maximum absolute atomic E-state index is 13.3. The molecule has 2 aromatic rings. The van der Waals surface area contributed by atoms with E-state index in [0.29, 0.717) is 42.7 Å². The van der Waals surface area contributed by atoms with Crippen LogP contribution in [0.25, 0.3) is 0 Å². The quantitative estimate of drug-likeness (QED) is 0.503. The lowest BCUT2D eigenvalue weighted by Gasteiger charge is -2.38. The average Bonchev–Trinajstić information content (AvgIpc) is 2.81. The van der Waals surface area contributed by atoms with E-state index in [0.717, 1.165) is 5.56 Å². The number of aliphatic hydroxyl groups is 1. The Bertz CT molecular complexity index is 907. The molecule has 2 aromatic carbocycles. The minimum Gasteiger partial charge on any atom is -0.497 e. The van der Waals surface area contributed by atoms with E-state index < -0.39 is 6.10 Å². The summed E-state index contributed by atoms with van der Waals surface area (Å²) in [5.74, 6) is 1.64. The first kappa shape index (κ1) is 23.8. The molecule has 3 atom stereocenters. The number of ether oxygens (including phenoxy) is 3. The zero-order valence-corrected chi connectivity index (χ0v) is 19.0. The molecule has 174 valence electrons. The minimum atomic E-state index is -0.861. The molecule has 1 heterocycles. The summed E-state index contributed by atoms with van der Waals surface area (Å²) in [6, 6.07) is 11.7. The molecule has 7 nitrogen and oxygen atoms in total. The number of nitrogens with zero attached hydrogens (tertiary/aromatic N) is 2. The second-order valence-corrected chi connectivity index (χ2v) is 7.71. The molecule has 1 aliphatic heterocycles. The molecule has 0 radical (unpaired) electrons. The first-order valence-electron chi connectivity index (χ1n) is 10.8. The summed E-state index contributed by atoms with van der Waals surface area (Å²) in [5.41, 5.74) is 1.53. The molecule has 1 aliphatic rings. The lowest BCUT2D eigenvalue weighted by atomic mass is 10.1. The molecule has 3 unspecified atom stereocenters. The highest BCUT2D eigenvalue weighted by molar-refractivity contribution is 5.80. The fraction of sp³-hybridized carbons (Fsp3) is 0.458. The van der Waals surface area contributed by atoms with E-state index in [-0.39, 0.29) is 24.6 Å². The standard InChI is InChI=1S/C24H32FN3O4/c1-5-26-24(27-13-21(29)20-12-19(30-3)10-11-22(20)31-4)28-14-16(2)32-23(15-28)17-6-8-18(25)9-7-17/h6-12,16,21,23,29H,5,13-15H2,1-4H3,(H,26,27). The van der Waals surface area contributed by atoms with Gasteiger partial charge in [0.1, 0.15) is 29.5 Å². The number of nitrogens with one attached hydrogen (secondary N) is 1. The third kappa shape index (κ3) is 5.89. The molecular formula is C24H32FN3O4. The molecule has 0 saturated carbocycles. The van der Waals surface area contributed by atoms with E-state index >= 15 is 0 Å². The average molecular weight is 446 g/mol. The Kier molecular flexibility index (Phi) is 8.30. The number of aliphatic imine (C=N–C) groups is 1. The van der Waals surface area contributed by atoms with Crippen molar-refractivity contribution in [2.45, 2.75) is 32.2 Å². The fourth-order valence-electron chi connectivity index (χ4n) is 3.78. The molecule has 1 saturated heterocycles. The van der Waals surface area contributed by atoms with Crippen LogP contribution < -0.4 is 14.8 Å². The van der Waals surface area contributed by atoms with Crippen LogP contribution in [0.4, 0.5) is 4.39 Å². The van der Waals surface area contributed by atoms with Crippen molar-refractivity contribution in [3.63, 3.8) is 0 Å².